The molecule has 1 atom stereocenters. The zero-order chi connectivity index (χ0) is 17.9. The average molecular weight is 348 g/mol. The van der Waals surface area contributed by atoms with E-state index < -0.39 is 0 Å². The second-order valence-electron chi connectivity index (χ2n) is 6.43. The van der Waals surface area contributed by atoms with E-state index in [2.05, 4.69) is 25.0 Å². The molecule has 7 heteroatoms. The van der Waals surface area contributed by atoms with Crippen molar-refractivity contribution in [3.8, 4) is 11.3 Å². The summed E-state index contributed by atoms with van der Waals surface area (Å²) in [5.74, 6) is 0.897. The van der Waals surface area contributed by atoms with Crippen LogP contribution in [-0.4, -0.2) is 37.3 Å². The summed E-state index contributed by atoms with van der Waals surface area (Å²) in [6, 6.07) is 7.30. The van der Waals surface area contributed by atoms with Crippen LogP contribution in [0, 0.1) is 6.92 Å². The van der Waals surface area contributed by atoms with Crippen LogP contribution in [0.3, 0.4) is 0 Å². The Bertz CT molecular complexity index is 955. The third-order valence-corrected chi connectivity index (χ3v) is 4.73. The predicted octanol–water partition coefficient (Wildman–Crippen LogP) is 2.07. The maximum Gasteiger partial charge on any atom is 0.266 e. The summed E-state index contributed by atoms with van der Waals surface area (Å²) in [4.78, 5) is 27.4. The van der Waals surface area contributed by atoms with E-state index in [1.54, 1.807) is 41.6 Å². The Morgan fingerprint density at radius 1 is 1.08 bits per heavy atom. The molecule has 0 saturated carbocycles. The van der Waals surface area contributed by atoms with Crippen LogP contribution < -0.4 is 10.5 Å². The average Bonchev–Trinajstić information content (AvgIpc) is 3.12. The first-order valence-corrected chi connectivity index (χ1v) is 8.75. The lowest BCUT2D eigenvalue weighted by Gasteiger charge is -2.26. The van der Waals surface area contributed by atoms with Gasteiger partial charge >= 0.3 is 0 Å². The van der Waals surface area contributed by atoms with Gasteiger partial charge in [0, 0.05) is 43.0 Å². The molecule has 4 heterocycles. The Morgan fingerprint density at radius 3 is 2.69 bits per heavy atom. The molecule has 1 fully saturated rings. The van der Waals surface area contributed by atoms with Crippen molar-refractivity contribution < 1.29 is 0 Å². The fourth-order valence-corrected chi connectivity index (χ4v) is 3.44. The van der Waals surface area contributed by atoms with Crippen LogP contribution in [-0.2, 0) is 6.54 Å². The Labute approximate surface area is 151 Å². The zero-order valence-corrected chi connectivity index (χ0v) is 14.6. The number of pyridine rings is 1. The number of aromatic nitrogens is 5. The third kappa shape index (κ3) is 3.20. The lowest BCUT2D eigenvalue weighted by atomic mass is 10.2. The van der Waals surface area contributed by atoms with Gasteiger partial charge < -0.3 is 4.90 Å². The van der Waals surface area contributed by atoms with E-state index in [1.165, 1.54) is 0 Å². The molecule has 0 aromatic carbocycles. The van der Waals surface area contributed by atoms with Gasteiger partial charge in [-0.2, -0.15) is 5.10 Å². The third-order valence-electron chi connectivity index (χ3n) is 4.73. The van der Waals surface area contributed by atoms with Crippen LogP contribution in [0.4, 0.5) is 5.82 Å². The highest BCUT2D eigenvalue weighted by atomic mass is 16.1. The van der Waals surface area contributed by atoms with Crippen molar-refractivity contribution in [3.05, 3.63) is 65.1 Å². The van der Waals surface area contributed by atoms with Gasteiger partial charge in [-0.05, 0) is 38.0 Å². The minimum atomic E-state index is -0.0921. The molecule has 1 saturated heterocycles. The van der Waals surface area contributed by atoms with Crippen molar-refractivity contribution in [2.24, 2.45) is 0 Å². The van der Waals surface area contributed by atoms with E-state index in [0.717, 1.165) is 42.2 Å². The summed E-state index contributed by atoms with van der Waals surface area (Å²) >= 11 is 0. The molecule has 0 radical (unpaired) electrons. The van der Waals surface area contributed by atoms with Crippen LogP contribution in [0.15, 0.2) is 53.8 Å². The van der Waals surface area contributed by atoms with Crippen LogP contribution in [0.1, 0.15) is 18.5 Å². The summed E-state index contributed by atoms with van der Waals surface area (Å²) in [6.45, 7) is 3.42. The minimum Gasteiger partial charge on any atom is -0.350 e. The molecule has 0 spiro atoms. The van der Waals surface area contributed by atoms with Crippen LogP contribution >= 0.6 is 0 Å². The van der Waals surface area contributed by atoms with Gasteiger partial charge in [0.15, 0.2) is 0 Å². The van der Waals surface area contributed by atoms with Crippen molar-refractivity contribution in [1.29, 1.82) is 0 Å². The number of nitrogens with zero attached hydrogens (tertiary/aromatic N) is 6. The highest BCUT2D eigenvalue weighted by molar-refractivity contribution is 5.57. The normalized spacial score (nSPS) is 16.8. The fourth-order valence-electron chi connectivity index (χ4n) is 3.44. The molecule has 26 heavy (non-hydrogen) atoms. The number of anilines is 1. The van der Waals surface area contributed by atoms with Crippen LogP contribution in [0.2, 0.25) is 0 Å². The predicted molar refractivity (Wildman–Crippen MR) is 98.9 cm³/mol. The van der Waals surface area contributed by atoms with Crippen LogP contribution in [0.5, 0.6) is 0 Å². The van der Waals surface area contributed by atoms with Crippen molar-refractivity contribution in [1.82, 2.24) is 24.7 Å². The first-order valence-electron chi connectivity index (χ1n) is 8.75. The molecule has 1 aliphatic rings. The quantitative estimate of drug-likeness (QED) is 0.718. The number of rotatable bonds is 4. The van der Waals surface area contributed by atoms with E-state index in [-0.39, 0.29) is 11.6 Å². The summed E-state index contributed by atoms with van der Waals surface area (Å²) in [5.41, 5.74) is 2.53. The molecule has 7 nitrogen and oxygen atoms in total. The SMILES string of the molecule is Cc1nccnc1N1CCCC1Cn1nc(-c2ccncc2)ccc1=O. The molecule has 3 aromatic rings. The lowest BCUT2D eigenvalue weighted by molar-refractivity contribution is 0.488. The first-order chi connectivity index (χ1) is 12.7. The monoisotopic (exact) mass is 348 g/mol. The zero-order valence-electron chi connectivity index (χ0n) is 14.6. The van der Waals surface area contributed by atoms with E-state index in [0.29, 0.717) is 6.54 Å². The maximum atomic E-state index is 12.3. The molecule has 3 aromatic heterocycles. The van der Waals surface area contributed by atoms with E-state index in [1.807, 2.05) is 19.1 Å². The molecule has 1 aliphatic heterocycles. The lowest BCUT2D eigenvalue weighted by Crippen LogP contribution is -2.38. The molecule has 132 valence electrons. The van der Waals surface area contributed by atoms with E-state index in [4.69, 9.17) is 0 Å². The van der Waals surface area contributed by atoms with Gasteiger partial charge in [-0.25, -0.2) is 9.67 Å². The van der Waals surface area contributed by atoms with Crippen molar-refractivity contribution in [3.63, 3.8) is 0 Å². The number of hydrogen-bond acceptors (Lipinski definition) is 6. The maximum absolute atomic E-state index is 12.3. The topological polar surface area (TPSA) is 76.8 Å². The molecule has 0 amide bonds. The van der Waals surface area contributed by atoms with E-state index in [9.17, 15) is 4.79 Å². The summed E-state index contributed by atoms with van der Waals surface area (Å²) in [6.07, 6.45) is 8.94. The molecular formula is C19H20N6O. The number of hydrogen-bond donors (Lipinski definition) is 0. The van der Waals surface area contributed by atoms with Gasteiger partial charge in [-0.1, -0.05) is 0 Å². The Kier molecular flexibility index (Phi) is 4.43. The Balaban J connectivity index is 1.62. The van der Waals surface area contributed by atoms with Crippen molar-refractivity contribution >= 4 is 5.82 Å². The van der Waals surface area contributed by atoms with Gasteiger partial charge in [0.05, 0.1) is 24.0 Å². The summed E-state index contributed by atoms with van der Waals surface area (Å²) < 4.78 is 1.56. The highest BCUT2D eigenvalue weighted by Gasteiger charge is 2.28. The Morgan fingerprint density at radius 2 is 1.88 bits per heavy atom. The van der Waals surface area contributed by atoms with Gasteiger partial charge in [-0.3, -0.25) is 14.8 Å². The smallest absolute Gasteiger partial charge is 0.266 e. The van der Waals surface area contributed by atoms with Gasteiger partial charge in [0.1, 0.15) is 5.82 Å². The number of aryl methyl sites for hydroxylation is 1. The standard InChI is InChI=1S/C19H20N6O/c1-14-19(22-11-10-21-14)24-12-2-3-16(24)13-25-18(26)5-4-17(23-25)15-6-8-20-9-7-15/h4-11,16H,2-3,12-13H2,1H3. The van der Waals surface area contributed by atoms with Crippen LogP contribution in [0.25, 0.3) is 11.3 Å². The largest absolute Gasteiger partial charge is 0.350 e. The highest BCUT2D eigenvalue weighted by Crippen LogP contribution is 2.26. The second kappa shape index (κ2) is 7.03. The molecule has 0 bridgehead atoms. The summed E-state index contributed by atoms with van der Waals surface area (Å²) in [5, 5.41) is 4.57. The van der Waals surface area contributed by atoms with Gasteiger partial charge in [0.25, 0.3) is 5.56 Å². The fraction of sp³-hybridized carbons (Fsp3) is 0.316. The van der Waals surface area contributed by atoms with Crippen molar-refractivity contribution in [2.75, 3.05) is 11.4 Å². The molecule has 0 aliphatic carbocycles. The summed E-state index contributed by atoms with van der Waals surface area (Å²) in [7, 11) is 0. The molecule has 0 N–H and O–H groups in total. The van der Waals surface area contributed by atoms with Gasteiger partial charge in [-0.15, -0.1) is 0 Å². The first kappa shape index (κ1) is 16.4. The van der Waals surface area contributed by atoms with E-state index >= 15 is 0 Å². The minimum absolute atomic E-state index is 0.0921. The second-order valence-corrected chi connectivity index (χ2v) is 6.43. The van der Waals surface area contributed by atoms with Crippen molar-refractivity contribution in [2.45, 2.75) is 32.4 Å². The van der Waals surface area contributed by atoms with Gasteiger partial charge in [0.2, 0.25) is 0 Å². The molecular weight excluding hydrogens is 328 g/mol. The Hall–Kier alpha value is -3.09. The molecule has 1 unspecified atom stereocenters. The molecule has 4 rings (SSSR count).